The summed E-state index contributed by atoms with van der Waals surface area (Å²) in [6, 6.07) is 4.06. The minimum absolute atomic E-state index is 0.140. The second-order valence-corrected chi connectivity index (χ2v) is 6.28. The second kappa shape index (κ2) is 6.98. The molecule has 0 radical (unpaired) electrons. The monoisotopic (exact) mass is 364 g/mol. The van der Waals surface area contributed by atoms with E-state index in [4.69, 9.17) is 0 Å². The molecule has 2 rings (SSSR count). The van der Waals surface area contributed by atoms with Gasteiger partial charge in [-0.05, 0) is 31.7 Å². The van der Waals surface area contributed by atoms with E-state index in [1.54, 1.807) is 6.26 Å². The lowest BCUT2D eigenvalue weighted by Crippen LogP contribution is -2.31. The quantitative estimate of drug-likeness (QED) is 0.413. The zero-order chi connectivity index (χ0) is 18.9. The predicted molar refractivity (Wildman–Crippen MR) is 91.4 cm³/mol. The summed E-state index contributed by atoms with van der Waals surface area (Å²) < 4.78 is 0. The topological polar surface area (TPSA) is 130 Å². The van der Waals surface area contributed by atoms with Crippen LogP contribution in [0.5, 0.6) is 0 Å². The zero-order valence-corrected chi connectivity index (χ0v) is 14.5. The zero-order valence-electron chi connectivity index (χ0n) is 13.7. The van der Waals surface area contributed by atoms with Crippen LogP contribution in [-0.2, 0) is 9.59 Å². The number of dihydropyridines is 1. The molecule has 1 aliphatic rings. The first kappa shape index (κ1) is 18.5. The average molecular weight is 364 g/mol. The molecule has 1 aliphatic heterocycles. The largest absolute Gasteiger partial charge is 0.478 e. The van der Waals surface area contributed by atoms with Gasteiger partial charge in [-0.25, -0.2) is 9.59 Å². The SMILES string of the molecule is CSc1ccc([N+](=O)[O-])cc1C1C(C(=O)O)=C(C)NC(C)=C1C(=O)O. The minimum Gasteiger partial charge on any atom is -0.478 e. The van der Waals surface area contributed by atoms with Gasteiger partial charge in [-0.3, -0.25) is 10.1 Å². The smallest absolute Gasteiger partial charge is 0.334 e. The maximum absolute atomic E-state index is 11.8. The number of nitro benzene ring substituents is 1. The van der Waals surface area contributed by atoms with E-state index >= 15 is 0 Å². The van der Waals surface area contributed by atoms with Crippen LogP contribution in [0.15, 0.2) is 45.6 Å². The molecular weight excluding hydrogens is 348 g/mol. The van der Waals surface area contributed by atoms with E-state index in [9.17, 15) is 29.9 Å². The maximum Gasteiger partial charge on any atom is 0.334 e. The van der Waals surface area contributed by atoms with Crippen molar-refractivity contribution in [1.29, 1.82) is 0 Å². The number of rotatable bonds is 5. The maximum atomic E-state index is 11.8. The fourth-order valence-electron chi connectivity index (χ4n) is 2.93. The number of nitro groups is 1. The van der Waals surface area contributed by atoms with E-state index in [1.807, 2.05) is 0 Å². The number of carbonyl (C=O) groups is 2. The number of aliphatic carboxylic acids is 2. The Hall–Kier alpha value is -2.81. The molecule has 8 nitrogen and oxygen atoms in total. The molecule has 1 aromatic rings. The number of carboxylic acids is 2. The van der Waals surface area contributed by atoms with Crippen molar-refractivity contribution in [2.75, 3.05) is 6.26 Å². The van der Waals surface area contributed by atoms with Gasteiger partial charge in [-0.2, -0.15) is 0 Å². The number of nitrogens with one attached hydrogen (secondary N) is 1. The lowest BCUT2D eigenvalue weighted by Gasteiger charge is -2.29. The fraction of sp³-hybridized carbons (Fsp3) is 0.250. The Morgan fingerprint density at radius 1 is 1.16 bits per heavy atom. The van der Waals surface area contributed by atoms with E-state index in [-0.39, 0.29) is 22.4 Å². The van der Waals surface area contributed by atoms with Gasteiger partial charge in [0.05, 0.1) is 22.0 Å². The van der Waals surface area contributed by atoms with Crippen molar-refractivity contribution in [3.8, 4) is 0 Å². The lowest BCUT2D eigenvalue weighted by molar-refractivity contribution is -0.385. The lowest BCUT2D eigenvalue weighted by atomic mass is 9.80. The van der Waals surface area contributed by atoms with Crippen LogP contribution in [0.3, 0.4) is 0 Å². The van der Waals surface area contributed by atoms with Crippen LogP contribution < -0.4 is 5.32 Å². The van der Waals surface area contributed by atoms with Gasteiger partial charge in [0, 0.05) is 28.4 Å². The highest BCUT2D eigenvalue weighted by Crippen LogP contribution is 2.42. The molecule has 1 aromatic carbocycles. The molecule has 132 valence electrons. The highest BCUT2D eigenvalue weighted by Gasteiger charge is 2.38. The van der Waals surface area contributed by atoms with Crippen molar-refractivity contribution in [2.45, 2.75) is 24.7 Å². The third-order valence-corrected chi connectivity index (χ3v) is 4.77. The number of carboxylic acid groups (broad SMARTS) is 2. The molecule has 9 heteroatoms. The fourth-order valence-corrected chi connectivity index (χ4v) is 3.55. The van der Waals surface area contributed by atoms with E-state index in [2.05, 4.69) is 5.32 Å². The first-order valence-corrected chi connectivity index (χ1v) is 8.39. The second-order valence-electron chi connectivity index (χ2n) is 5.43. The summed E-state index contributed by atoms with van der Waals surface area (Å²) in [5, 5.41) is 33.1. The van der Waals surface area contributed by atoms with Gasteiger partial charge in [0.1, 0.15) is 0 Å². The summed E-state index contributed by atoms with van der Waals surface area (Å²) in [6.45, 7) is 3.07. The number of benzene rings is 1. The molecule has 25 heavy (non-hydrogen) atoms. The van der Waals surface area contributed by atoms with Crippen molar-refractivity contribution < 1.29 is 24.7 Å². The first-order chi connectivity index (χ1) is 11.7. The van der Waals surface area contributed by atoms with Gasteiger partial charge in [0.25, 0.3) is 5.69 Å². The molecule has 3 N–H and O–H groups in total. The van der Waals surface area contributed by atoms with Crippen LogP contribution in [0.4, 0.5) is 5.69 Å². The Labute approximate surface area is 147 Å². The Morgan fingerprint density at radius 2 is 1.68 bits per heavy atom. The Bertz CT molecular complexity index is 807. The predicted octanol–water partition coefficient (Wildman–Crippen LogP) is 2.72. The van der Waals surface area contributed by atoms with Crippen molar-refractivity contribution in [1.82, 2.24) is 5.32 Å². The van der Waals surface area contributed by atoms with Crippen molar-refractivity contribution in [2.24, 2.45) is 0 Å². The van der Waals surface area contributed by atoms with Crippen LogP contribution >= 0.6 is 11.8 Å². The molecule has 0 saturated heterocycles. The van der Waals surface area contributed by atoms with Crippen LogP contribution in [0, 0.1) is 10.1 Å². The summed E-state index contributed by atoms with van der Waals surface area (Å²) in [5.41, 5.74) is 0.391. The van der Waals surface area contributed by atoms with E-state index in [0.717, 1.165) is 0 Å². The van der Waals surface area contributed by atoms with Crippen LogP contribution in [0.25, 0.3) is 0 Å². The minimum atomic E-state index is -1.28. The van der Waals surface area contributed by atoms with E-state index in [0.29, 0.717) is 16.3 Å². The summed E-state index contributed by atoms with van der Waals surface area (Å²) in [5.74, 6) is -3.67. The van der Waals surface area contributed by atoms with Gasteiger partial charge in [0.15, 0.2) is 0 Å². The van der Waals surface area contributed by atoms with Crippen LogP contribution in [0.2, 0.25) is 0 Å². The molecule has 0 saturated carbocycles. The highest BCUT2D eigenvalue weighted by molar-refractivity contribution is 7.98. The average Bonchev–Trinajstić information content (AvgIpc) is 2.52. The first-order valence-electron chi connectivity index (χ1n) is 7.16. The Morgan fingerprint density at radius 3 is 2.08 bits per heavy atom. The number of allylic oxidation sites excluding steroid dienone is 2. The number of thioether (sulfide) groups is 1. The van der Waals surface area contributed by atoms with E-state index in [1.165, 1.54) is 43.8 Å². The van der Waals surface area contributed by atoms with Crippen LogP contribution in [-0.4, -0.2) is 33.3 Å². The number of nitrogens with zero attached hydrogens (tertiary/aromatic N) is 1. The number of hydrogen-bond acceptors (Lipinski definition) is 6. The molecule has 0 fully saturated rings. The van der Waals surface area contributed by atoms with Gasteiger partial charge >= 0.3 is 11.9 Å². The van der Waals surface area contributed by atoms with Gasteiger partial charge in [-0.1, -0.05) is 0 Å². The standard InChI is InChI=1S/C16H16N2O6S/c1-7-12(15(19)20)14(13(16(21)22)8(2)17-7)10-6-9(18(23)24)4-5-11(10)25-3/h4-6,14,17H,1-3H3,(H,19,20)(H,21,22). The molecule has 0 aromatic heterocycles. The Balaban J connectivity index is 2.84. The summed E-state index contributed by atoms with van der Waals surface area (Å²) in [4.78, 5) is 34.7. The molecule has 0 amide bonds. The molecular formula is C16H16N2O6S. The normalized spacial score (nSPS) is 15.2. The summed E-state index contributed by atoms with van der Waals surface area (Å²) in [6.07, 6.45) is 1.74. The van der Waals surface area contributed by atoms with Crippen molar-refractivity contribution in [3.63, 3.8) is 0 Å². The summed E-state index contributed by atoms with van der Waals surface area (Å²) in [7, 11) is 0. The summed E-state index contributed by atoms with van der Waals surface area (Å²) >= 11 is 1.27. The third-order valence-electron chi connectivity index (χ3n) is 3.96. The molecule has 0 atom stereocenters. The van der Waals surface area contributed by atoms with Crippen molar-refractivity contribution >= 4 is 29.4 Å². The number of non-ortho nitro benzene ring substituents is 1. The number of hydrogen-bond donors (Lipinski definition) is 3. The molecule has 0 unspecified atom stereocenters. The van der Waals surface area contributed by atoms with Crippen LogP contribution in [0.1, 0.15) is 25.3 Å². The molecule has 0 aliphatic carbocycles. The van der Waals surface area contributed by atoms with E-state index < -0.39 is 22.8 Å². The Kier molecular flexibility index (Phi) is 5.17. The highest BCUT2D eigenvalue weighted by atomic mass is 32.2. The molecule has 0 spiro atoms. The van der Waals surface area contributed by atoms with Gasteiger partial charge in [0.2, 0.25) is 0 Å². The molecule has 1 heterocycles. The third kappa shape index (κ3) is 3.36. The van der Waals surface area contributed by atoms with Crippen molar-refractivity contribution in [3.05, 3.63) is 56.4 Å². The van der Waals surface area contributed by atoms with Gasteiger partial charge in [-0.15, -0.1) is 11.8 Å². The molecule has 0 bridgehead atoms. The van der Waals surface area contributed by atoms with Gasteiger partial charge < -0.3 is 15.5 Å².